The molecule has 0 amide bonds. The maximum absolute atomic E-state index is 13.3. The van der Waals surface area contributed by atoms with Gasteiger partial charge in [-0.2, -0.15) is 16.8 Å². The monoisotopic (exact) mass is 1020 g/mol. The van der Waals surface area contributed by atoms with E-state index in [1.165, 1.54) is 0 Å². The minimum absolute atomic E-state index is 0.00900. The summed E-state index contributed by atoms with van der Waals surface area (Å²) in [6.07, 6.45) is -7.14. The van der Waals surface area contributed by atoms with Crippen molar-refractivity contribution in [2.75, 3.05) is 32.3 Å². The molecule has 6 aromatic carbocycles. The van der Waals surface area contributed by atoms with Gasteiger partial charge in [0, 0.05) is 6.42 Å². The van der Waals surface area contributed by atoms with Gasteiger partial charge < -0.3 is 37.9 Å². The Bertz CT molecular complexity index is 2650. The molecule has 14 nitrogen and oxygen atoms in total. The van der Waals surface area contributed by atoms with Gasteiger partial charge in [0.25, 0.3) is 20.2 Å². The van der Waals surface area contributed by atoms with Gasteiger partial charge >= 0.3 is 0 Å². The van der Waals surface area contributed by atoms with Crippen LogP contribution in [0.3, 0.4) is 0 Å². The molecule has 0 spiro atoms. The SMILES string of the molecule is CS(=O)(=O)OCC[C@@H](OCc1ccccc1)[C@H](O[C@H]1O[C@H](COCc2ccccc2)[C@@H](OCc2ccccc2)[C@H](OCc2ccccc2)[C@H]1OCc1ccccc1)[C@@H](COCc1ccccc1)OS(C)(=O)=O. The van der Waals surface area contributed by atoms with E-state index in [1.54, 1.807) is 0 Å². The van der Waals surface area contributed by atoms with Gasteiger partial charge in [0.2, 0.25) is 0 Å². The smallest absolute Gasteiger partial charge is 0.264 e. The summed E-state index contributed by atoms with van der Waals surface area (Å²) in [5.41, 5.74) is 5.20. The second kappa shape index (κ2) is 28.3. The van der Waals surface area contributed by atoms with Crippen LogP contribution in [0, 0.1) is 0 Å². The van der Waals surface area contributed by atoms with Crippen LogP contribution in [0.5, 0.6) is 0 Å². The zero-order valence-electron chi connectivity index (χ0n) is 40.5. The van der Waals surface area contributed by atoms with Gasteiger partial charge in [0.1, 0.15) is 36.6 Å². The fourth-order valence-electron chi connectivity index (χ4n) is 8.13. The molecule has 1 aliphatic heterocycles. The highest BCUT2D eigenvalue weighted by molar-refractivity contribution is 7.86. The van der Waals surface area contributed by atoms with E-state index in [-0.39, 0.29) is 65.9 Å². The van der Waals surface area contributed by atoms with Crippen LogP contribution in [-0.4, -0.2) is 98.2 Å². The van der Waals surface area contributed by atoms with Crippen molar-refractivity contribution in [1.82, 2.24) is 0 Å². The molecule has 0 unspecified atom stereocenters. The summed E-state index contributed by atoms with van der Waals surface area (Å²) >= 11 is 0. The molecule has 1 heterocycles. The molecule has 0 aromatic heterocycles. The third kappa shape index (κ3) is 18.7. The molecule has 0 radical (unpaired) electrons. The lowest BCUT2D eigenvalue weighted by atomic mass is 9.97. The molecule has 384 valence electrons. The van der Waals surface area contributed by atoms with E-state index >= 15 is 0 Å². The van der Waals surface area contributed by atoms with Crippen LogP contribution in [0.4, 0.5) is 0 Å². The second-order valence-corrected chi connectivity index (χ2v) is 20.7. The summed E-state index contributed by atoms with van der Waals surface area (Å²) in [7, 11) is -8.15. The maximum Gasteiger partial charge on any atom is 0.264 e. The molecule has 16 heteroatoms. The van der Waals surface area contributed by atoms with Gasteiger partial charge in [0.15, 0.2) is 6.29 Å². The summed E-state index contributed by atoms with van der Waals surface area (Å²) in [5.74, 6) is 0. The minimum atomic E-state index is -4.23. The van der Waals surface area contributed by atoms with Crippen LogP contribution in [0.2, 0.25) is 0 Å². The van der Waals surface area contributed by atoms with Crippen LogP contribution >= 0.6 is 0 Å². The maximum atomic E-state index is 13.3. The average Bonchev–Trinajstić information content (AvgIpc) is 3.38. The van der Waals surface area contributed by atoms with Gasteiger partial charge in [-0.1, -0.05) is 182 Å². The highest BCUT2D eigenvalue weighted by atomic mass is 32.2. The molecule has 0 aliphatic carbocycles. The van der Waals surface area contributed by atoms with Crippen molar-refractivity contribution in [2.45, 2.75) is 95.1 Å². The Morgan fingerprint density at radius 3 is 1.31 bits per heavy atom. The minimum Gasteiger partial charge on any atom is -0.374 e. The standard InChI is InChI=1S/C56H64O14S2/c1-71(57,58)67-34-33-49(63-37-45-25-13-5-14-26-45)52(51(70-72(2,59)60)42-62-36-44-23-11-4-12-24-44)69-56-55(66-40-48-31-19-8-20-32-48)54(65-39-47-29-17-7-18-30-47)53(64-38-46-27-15-6-16-28-46)50(68-56)41-61-35-43-21-9-3-10-22-43/h3-32,49-56H,33-42H2,1-2H3/t49-,50-,51-,52+,53-,54+,55-,56-/m1/s1. The number of rotatable bonds is 30. The van der Waals surface area contributed by atoms with Crippen LogP contribution in [-0.2, 0) is 106 Å². The van der Waals surface area contributed by atoms with Crippen LogP contribution in [0.1, 0.15) is 39.8 Å². The van der Waals surface area contributed by atoms with Crippen molar-refractivity contribution in [3.63, 3.8) is 0 Å². The van der Waals surface area contributed by atoms with E-state index < -0.39 is 69.3 Å². The summed E-state index contributed by atoms with van der Waals surface area (Å²) in [4.78, 5) is 0. The lowest BCUT2D eigenvalue weighted by Gasteiger charge is -2.47. The Balaban J connectivity index is 1.32. The normalized spacial score (nSPS) is 19.6. The first-order valence-corrected chi connectivity index (χ1v) is 27.5. The lowest BCUT2D eigenvalue weighted by Crippen LogP contribution is -2.63. The molecule has 8 atom stereocenters. The van der Waals surface area contributed by atoms with Crippen LogP contribution in [0.15, 0.2) is 182 Å². The Morgan fingerprint density at radius 1 is 0.458 bits per heavy atom. The predicted octanol–water partition coefficient (Wildman–Crippen LogP) is 8.58. The molecule has 0 bridgehead atoms. The quantitative estimate of drug-likeness (QED) is 0.0395. The van der Waals surface area contributed by atoms with E-state index in [9.17, 15) is 16.8 Å². The highest BCUT2D eigenvalue weighted by Crippen LogP contribution is 2.34. The van der Waals surface area contributed by atoms with Crippen molar-refractivity contribution in [3.05, 3.63) is 215 Å². The fourth-order valence-corrected chi connectivity index (χ4v) is 9.14. The summed E-state index contributed by atoms with van der Waals surface area (Å²) < 4.78 is 117. The molecule has 72 heavy (non-hydrogen) atoms. The average molecular weight is 1030 g/mol. The first-order valence-electron chi connectivity index (χ1n) is 23.8. The number of hydrogen-bond acceptors (Lipinski definition) is 14. The van der Waals surface area contributed by atoms with E-state index in [1.807, 2.05) is 182 Å². The van der Waals surface area contributed by atoms with Gasteiger partial charge in [-0.3, -0.25) is 8.37 Å². The summed E-state index contributed by atoms with van der Waals surface area (Å²) in [5, 5.41) is 0. The van der Waals surface area contributed by atoms with Gasteiger partial charge in [-0.05, 0) is 33.4 Å². The number of benzene rings is 6. The Morgan fingerprint density at radius 2 is 0.861 bits per heavy atom. The van der Waals surface area contributed by atoms with E-state index in [0.717, 1.165) is 45.9 Å². The molecule has 1 saturated heterocycles. The number of ether oxygens (including phenoxy) is 8. The zero-order valence-corrected chi connectivity index (χ0v) is 42.2. The van der Waals surface area contributed by atoms with Gasteiger partial charge in [-0.15, -0.1) is 0 Å². The molecular formula is C56H64O14S2. The molecular weight excluding hydrogens is 961 g/mol. The topological polar surface area (TPSA) is 161 Å². The van der Waals surface area contributed by atoms with Gasteiger partial charge in [0.05, 0.1) is 78.1 Å². The first-order chi connectivity index (χ1) is 35.0. The fraction of sp³-hybridized carbons (Fsp3) is 0.357. The Labute approximate surface area is 424 Å². The first kappa shape index (κ1) is 54.6. The van der Waals surface area contributed by atoms with Crippen molar-refractivity contribution < 1.29 is 63.1 Å². The van der Waals surface area contributed by atoms with E-state index in [2.05, 4.69) is 0 Å². The summed E-state index contributed by atoms with van der Waals surface area (Å²) in [6.45, 7) is 0.150. The zero-order chi connectivity index (χ0) is 50.4. The third-order valence-electron chi connectivity index (χ3n) is 11.6. The van der Waals surface area contributed by atoms with Crippen molar-refractivity contribution in [1.29, 1.82) is 0 Å². The Kier molecular flexibility index (Phi) is 21.5. The second-order valence-electron chi connectivity index (χ2n) is 17.4. The van der Waals surface area contributed by atoms with E-state index in [0.29, 0.717) is 0 Å². The van der Waals surface area contributed by atoms with Crippen molar-refractivity contribution >= 4 is 20.2 Å². The van der Waals surface area contributed by atoms with Crippen LogP contribution in [0.25, 0.3) is 0 Å². The van der Waals surface area contributed by atoms with Gasteiger partial charge in [-0.25, -0.2) is 0 Å². The number of hydrogen-bond donors (Lipinski definition) is 0. The molecule has 0 N–H and O–H groups in total. The molecule has 7 rings (SSSR count). The predicted molar refractivity (Wildman–Crippen MR) is 271 cm³/mol. The molecule has 0 saturated carbocycles. The molecule has 1 aliphatic rings. The third-order valence-corrected chi connectivity index (χ3v) is 12.8. The van der Waals surface area contributed by atoms with E-state index in [4.69, 9.17) is 46.3 Å². The lowest BCUT2D eigenvalue weighted by molar-refractivity contribution is -0.347. The van der Waals surface area contributed by atoms with Crippen LogP contribution < -0.4 is 0 Å². The summed E-state index contributed by atoms with van der Waals surface area (Å²) in [6, 6.07) is 57.5. The van der Waals surface area contributed by atoms with Crippen molar-refractivity contribution in [2.24, 2.45) is 0 Å². The van der Waals surface area contributed by atoms with Crippen molar-refractivity contribution in [3.8, 4) is 0 Å². The highest BCUT2D eigenvalue weighted by Gasteiger charge is 2.51. The Hall–Kier alpha value is -5.18. The molecule has 1 fully saturated rings. The largest absolute Gasteiger partial charge is 0.374 e. The molecule has 6 aromatic rings.